The van der Waals surface area contributed by atoms with E-state index in [1.807, 2.05) is 30.5 Å². The van der Waals surface area contributed by atoms with E-state index in [0.717, 1.165) is 22.0 Å². The molecule has 1 aliphatic heterocycles. The molecule has 1 aromatic carbocycles. The second-order valence-corrected chi connectivity index (χ2v) is 8.05. The van der Waals surface area contributed by atoms with Crippen molar-refractivity contribution in [3.05, 3.63) is 65.8 Å². The number of carbonyl (C=O) groups excluding carboxylic acids is 1. The van der Waals surface area contributed by atoms with E-state index in [2.05, 4.69) is 24.5 Å². The molecule has 1 unspecified atom stereocenters. The van der Waals surface area contributed by atoms with Gasteiger partial charge in [0.2, 0.25) is 5.95 Å². The van der Waals surface area contributed by atoms with Crippen LogP contribution in [0, 0.1) is 12.9 Å². The fourth-order valence-electron chi connectivity index (χ4n) is 3.73. The standard InChI is InChI=1S/C21H18FN7OS/c1-12-18-25-26-19(20-24-13(2)27-31-20)29(18)10-9-28(12)21(30)15-5-3-14(4-6-15)16-7-8-17(22)23-11-16/h3-8,11-12H,9-10H2,1-2H3. The summed E-state index contributed by atoms with van der Waals surface area (Å²) in [7, 11) is 0. The minimum atomic E-state index is -0.521. The summed E-state index contributed by atoms with van der Waals surface area (Å²) in [6.07, 6.45) is 1.47. The average molecular weight is 435 g/mol. The van der Waals surface area contributed by atoms with Crippen molar-refractivity contribution in [1.29, 1.82) is 0 Å². The molecule has 1 atom stereocenters. The average Bonchev–Trinajstić information content (AvgIpc) is 3.41. The Morgan fingerprint density at radius 3 is 2.55 bits per heavy atom. The van der Waals surface area contributed by atoms with Crippen LogP contribution < -0.4 is 0 Å². The molecule has 0 radical (unpaired) electrons. The van der Waals surface area contributed by atoms with Crippen molar-refractivity contribution in [3.8, 4) is 22.0 Å². The van der Waals surface area contributed by atoms with Crippen LogP contribution in [0.15, 0.2) is 42.6 Å². The zero-order valence-corrected chi connectivity index (χ0v) is 17.7. The van der Waals surface area contributed by atoms with Crippen LogP contribution in [0.25, 0.3) is 22.0 Å². The predicted molar refractivity (Wildman–Crippen MR) is 113 cm³/mol. The lowest BCUT2D eigenvalue weighted by Gasteiger charge is -2.33. The van der Waals surface area contributed by atoms with Gasteiger partial charge in [0.25, 0.3) is 5.91 Å². The normalized spacial score (nSPS) is 15.7. The maximum atomic E-state index is 13.2. The number of aryl methyl sites for hydroxylation is 1. The van der Waals surface area contributed by atoms with E-state index in [1.54, 1.807) is 23.1 Å². The topological polar surface area (TPSA) is 89.7 Å². The summed E-state index contributed by atoms with van der Waals surface area (Å²) in [5.41, 5.74) is 2.24. The summed E-state index contributed by atoms with van der Waals surface area (Å²) < 4.78 is 19.3. The fraction of sp³-hybridized carbons (Fsp3) is 0.238. The van der Waals surface area contributed by atoms with Crippen molar-refractivity contribution in [1.82, 2.24) is 34.0 Å². The smallest absolute Gasteiger partial charge is 0.254 e. The fourth-order valence-corrected chi connectivity index (χ4v) is 4.39. The van der Waals surface area contributed by atoms with E-state index in [1.165, 1.54) is 23.8 Å². The number of carbonyl (C=O) groups is 1. The van der Waals surface area contributed by atoms with E-state index in [0.29, 0.717) is 30.3 Å². The lowest BCUT2D eigenvalue weighted by molar-refractivity contribution is 0.0638. The zero-order chi connectivity index (χ0) is 21.5. The molecule has 0 spiro atoms. The Morgan fingerprint density at radius 1 is 1.10 bits per heavy atom. The van der Waals surface area contributed by atoms with Gasteiger partial charge >= 0.3 is 0 Å². The Hall–Kier alpha value is -3.53. The third kappa shape index (κ3) is 3.48. The van der Waals surface area contributed by atoms with Crippen LogP contribution in [0.2, 0.25) is 0 Å². The molecule has 0 fully saturated rings. The van der Waals surface area contributed by atoms with Crippen LogP contribution in [0.4, 0.5) is 4.39 Å². The molecular weight excluding hydrogens is 417 g/mol. The number of pyridine rings is 1. The van der Waals surface area contributed by atoms with Crippen LogP contribution in [-0.4, -0.2) is 46.5 Å². The van der Waals surface area contributed by atoms with Crippen LogP contribution in [0.5, 0.6) is 0 Å². The molecule has 0 N–H and O–H groups in total. The first-order valence-electron chi connectivity index (χ1n) is 9.78. The molecule has 0 saturated carbocycles. The molecule has 1 amide bonds. The number of amides is 1. The van der Waals surface area contributed by atoms with Gasteiger partial charge in [0.1, 0.15) is 5.82 Å². The molecule has 31 heavy (non-hydrogen) atoms. The monoisotopic (exact) mass is 435 g/mol. The maximum Gasteiger partial charge on any atom is 0.254 e. The summed E-state index contributed by atoms with van der Waals surface area (Å²) in [5.74, 6) is 1.54. The van der Waals surface area contributed by atoms with Crippen molar-refractivity contribution in [2.24, 2.45) is 0 Å². The quantitative estimate of drug-likeness (QED) is 0.458. The summed E-state index contributed by atoms with van der Waals surface area (Å²) in [5, 5.41) is 9.36. The van der Waals surface area contributed by atoms with Crippen molar-refractivity contribution in [2.75, 3.05) is 6.54 Å². The zero-order valence-electron chi connectivity index (χ0n) is 16.9. The second kappa shape index (κ2) is 7.62. The summed E-state index contributed by atoms with van der Waals surface area (Å²) in [6.45, 7) is 4.92. The predicted octanol–water partition coefficient (Wildman–Crippen LogP) is 3.52. The van der Waals surface area contributed by atoms with Crippen molar-refractivity contribution in [3.63, 3.8) is 0 Å². The molecule has 1 aliphatic rings. The highest BCUT2D eigenvalue weighted by molar-refractivity contribution is 7.09. The molecule has 0 saturated heterocycles. The van der Waals surface area contributed by atoms with E-state index < -0.39 is 5.95 Å². The van der Waals surface area contributed by atoms with Crippen molar-refractivity contribution >= 4 is 17.4 Å². The maximum absolute atomic E-state index is 13.2. The number of benzene rings is 1. The summed E-state index contributed by atoms with van der Waals surface area (Å²) in [4.78, 5) is 23.1. The molecule has 10 heteroatoms. The van der Waals surface area contributed by atoms with Gasteiger partial charge in [-0.25, -0.2) is 9.97 Å². The Morgan fingerprint density at radius 2 is 1.87 bits per heavy atom. The Bertz CT molecular complexity index is 1250. The number of rotatable bonds is 3. The minimum Gasteiger partial charge on any atom is -0.327 e. The number of hydrogen-bond donors (Lipinski definition) is 0. The molecule has 5 rings (SSSR count). The summed E-state index contributed by atoms with van der Waals surface area (Å²) in [6, 6.07) is 10.0. The largest absolute Gasteiger partial charge is 0.327 e. The molecule has 8 nitrogen and oxygen atoms in total. The lowest BCUT2D eigenvalue weighted by atomic mass is 10.0. The molecule has 156 valence electrons. The molecule has 4 heterocycles. The Labute approximate surface area is 181 Å². The number of aromatic nitrogens is 6. The van der Waals surface area contributed by atoms with Gasteiger partial charge in [0.05, 0.1) is 6.04 Å². The summed E-state index contributed by atoms with van der Waals surface area (Å²) >= 11 is 1.30. The van der Waals surface area contributed by atoms with Gasteiger partial charge in [0, 0.05) is 30.4 Å². The van der Waals surface area contributed by atoms with Crippen LogP contribution in [-0.2, 0) is 6.54 Å². The van der Waals surface area contributed by atoms with Gasteiger partial charge < -0.3 is 9.47 Å². The molecule has 3 aromatic heterocycles. The Balaban J connectivity index is 1.37. The van der Waals surface area contributed by atoms with E-state index in [-0.39, 0.29) is 11.9 Å². The van der Waals surface area contributed by atoms with Gasteiger partial charge in [-0.3, -0.25) is 4.79 Å². The third-order valence-electron chi connectivity index (χ3n) is 5.36. The van der Waals surface area contributed by atoms with E-state index in [9.17, 15) is 9.18 Å². The number of nitrogens with zero attached hydrogens (tertiary/aromatic N) is 7. The third-order valence-corrected chi connectivity index (χ3v) is 6.16. The van der Waals surface area contributed by atoms with Crippen LogP contribution in [0.1, 0.15) is 35.0 Å². The molecular formula is C21H18FN7OS. The number of fused-ring (bicyclic) bond motifs is 1. The van der Waals surface area contributed by atoms with Crippen LogP contribution in [0.3, 0.4) is 0 Å². The number of halogens is 1. The SMILES string of the molecule is Cc1nsc(-c2nnc3n2CCN(C(=O)c2ccc(-c4ccc(F)nc4)cc2)C3C)n1. The molecule has 0 bridgehead atoms. The highest BCUT2D eigenvalue weighted by Crippen LogP contribution is 2.30. The van der Waals surface area contributed by atoms with Gasteiger partial charge in [-0.1, -0.05) is 12.1 Å². The van der Waals surface area contributed by atoms with Gasteiger partial charge in [-0.2, -0.15) is 8.76 Å². The first kappa shape index (κ1) is 19.4. The second-order valence-electron chi connectivity index (χ2n) is 7.30. The molecule has 4 aromatic rings. The number of hydrogen-bond acceptors (Lipinski definition) is 7. The van der Waals surface area contributed by atoms with Gasteiger partial charge in [-0.15, -0.1) is 10.2 Å². The van der Waals surface area contributed by atoms with E-state index in [4.69, 9.17) is 0 Å². The first-order valence-corrected chi connectivity index (χ1v) is 10.6. The van der Waals surface area contributed by atoms with Crippen molar-refractivity contribution in [2.45, 2.75) is 26.4 Å². The highest BCUT2D eigenvalue weighted by atomic mass is 32.1. The van der Waals surface area contributed by atoms with Gasteiger partial charge in [-0.05, 0) is 55.2 Å². The Kier molecular flexibility index (Phi) is 4.78. The highest BCUT2D eigenvalue weighted by Gasteiger charge is 2.32. The lowest BCUT2D eigenvalue weighted by Crippen LogP contribution is -2.41. The van der Waals surface area contributed by atoms with Gasteiger partial charge in [0.15, 0.2) is 16.7 Å². The van der Waals surface area contributed by atoms with Crippen molar-refractivity contribution < 1.29 is 9.18 Å². The molecule has 0 aliphatic carbocycles. The minimum absolute atomic E-state index is 0.0705. The first-order chi connectivity index (χ1) is 15.0. The van der Waals surface area contributed by atoms with E-state index >= 15 is 0 Å². The van der Waals surface area contributed by atoms with Crippen LogP contribution >= 0.6 is 11.5 Å².